The highest BCUT2D eigenvalue weighted by molar-refractivity contribution is 5.88. The normalized spacial score (nSPS) is 19.0. The molecule has 2 aliphatic heterocycles. The number of carbonyl (C=O) groups excluding carboxylic acids is 2. The largest absolute Gasteiger partial charge is 0.458 e. The Morgan fingerprint density at radius 3 is 2.84 bits per heavy atom. The van der Waals surface area contributed by atoms with Crippen molar-refractivity contribution in [3.63, 3.8) is 0 Å². The van der Waals surface area contributed by atoms with Crippen molar-refractivity contribution < 1.29 is 19.4 Å². The highest BCUT2D eigenvalue weighted by Crippen LogP contribution is 2.38. The highest BCUT2D eigenvalue weighted by atomic mass is 16.6. The van der Waals surface area contributed by atoms with Gasteiger partial charge in [-0.2, -0.15) is 0 Å². The second-order valence-corrected chi connectivity index (χ2v) is 8.29. The van der Waals surface area contributed by atoms with Gasteiger partial charge in [0.2, 0.25) is 0 Å². The number of benzene rings is 1. The van der Waals surface area contributed by atoms with Gasteiger partial charge in [-0.1, -0.05) is 25.1 Å². The molecule has 0 radical (unpaired) electrons. The van der Waals surface area contributed by atoms with Crippen molar-refractivity contribution in [2.45, 2.75) is 51.9 Å². The first-order valence-corrected chi connectivity index (χ1v) is 10.4. The van der Waals surface area contributed by atoms with Gasteiger partial charge < -0.3 is 19.2 Å². The zero-order valence-electron chi connectivity index (χ0n) is 17.4. The van der Waals surface area contributed by atoms with Crippen LogP contribution in [0.4, 0.5) is 0 Å². The summed E-state index contributed by atoms with van der Waals surface area (Å²) in [5.41, 5.74) is 2.44. The van der Waals surface area contributed by atoms with E-state index in [-0.39, 0.29) is 24.4 Å². The minimum Gasteiger partial charge on any atom is -0.458 e. The first-order chi connectivity index (χ1) is 14.8. The topological polar surface area (TPSA) is 98.5 Å². The van der Waals surface area contributed by atoms with Gasteiger partial charge in [0.05, 0.1) is 29.0 Å². The van der Waals surface area contributed by atoms with Crippen LogP contribution in [0.25, 0.3) is 22.3 Å². The maximum atomic E-state index is 13.2. The van der Waals surface area contributed by atoms with Gasteiger partial charge in [-0.15, -0.1) is 0 Å². The quantitative estimate of drug-likeness (QED) is 0.512. The highest BCUT2D eigenvalue weighted by Gasteiger charge is 2.45. The summed E-state index contributed by atoms with van der Waals surface area (Å²) in [6.45, 7) is 3.48. The summed E-state index contributed by atoms with van der Waals surface area (Å²) in [5.74, 6) is -0.615. The van der Waals surface area contributed by atoms with Crippen LogP contribution >= 0.6 is 0 Å². The van der Waals surface area contributed by atoms with E-state index in [0.29, 0.717) is 41.9 Å². The molecule has 1 aromatic carbocycles. The summed E-state index contributed by atoms with van der Waals surface area (Å²) in [5, 5.41) is 11.9. The van der Waals surface area contributed by atoms with Crippen LogP contribution in [0.1, 0.15) is 48.9 Å². The van der Waals surface area contributed by atoms with Crippen LogP contribution in [-0.4, -0.2) is 26.4 Å². The Kier molecular flexibility index (Phi) is 4.34. The fourth-order valence-corrected chi connectivity index (χ4v) is 4.58. The lowest BCUT2D eigenvalue weighted by atomic mass is 9.86. The molecule has 0 spiro atoms. The molecule has 0 saturated carbocycles. The number of hydrogen-bond donors (Lipinski definition) is 1. The first-order valence-electron chi connectivity index (χ1n) is 10.4. The van der Waals surface area contributed by atoms with Crippen LogP contribution in [-0.2, 0) is 39.5 Å². The zero-order chi connectivity index (χ0) is 21.9. The van der Waals surface area contributed by atoms with E-state index in [1.165, 1.54) is 0 Å². The van der Waals surface area contributed by atoms with Crippen molar-refractivity contribution in [3.05, 3.63) is 62.9 Å². The summed E-state index contributed by atoms with van der Waals surface area (Å²) < 4.78 is 6.73. The Bertz CT molecular complexity index is 1340. The monoisotopic (exact) mass is 418 g/mol. The van der Waals surface area contributed by atoms with Crippen LogP contribution in [0.5, 0.6) is 0 Å². The van der Waals surface area contributed by atoms with E-state index in [4.69, 9.17) is 9.72 Å². The molecule has 0 fully saturated rings. The lowest BCUT2D eigenvalue weighted by molar-refractivity contribution is -0.172. The second-order valence-electron chi connectivity index (χ2n) is 8.29. The third-order valence-electron chi connectivity index (χ3n) is 6.37. The average Bonchev–Trinajstić information content (AvgIpc) is 3.11. The molecule has 7 nitrogen and oxygen atoms in total. The van der Waals surface area contributed by atoms with Gasteiger partial charge in [0.15, 0.2) is 5.60 Å². The fraction of sp³-hybridized carbons (Fsp3) is 0.333. The van der Waals surface area contributed by atoms with E-state index in [2.05, 4.69) is 0 Å². The Morgan fingerprint density at radius 2 is 2.10 bits per heavy atom. The predicted octanol–water partition coefficient (Wildman–Crippen LogP) is 2.60. The standard InChI is InChI=1S/C24H22N2O5/c1-3-24(30)18-10-19-21-16(11-26(19)22(28)17(18)12-31-23(24)29)9-15-6-4-5-14(20(15)25-21)8-7-13(2)27/h4-6,9-10,30H,3,7-8,11-12H2,1-2H3. The SMILES string of the molecule is CCC1(O)C(=O)OCc2c1cc1n(c2=O)Cc2cc3cccc(CCC(C)=O)c3nc2-1. The van der Waals surface area contributed by atoms with Crippen LogP contribution < -0.4 is 5.56 Å². The molecule has 5 rings (SSSR count). The third kappa shape index (κ3) is 2.84. The number of hydrogen-bond acceptors (Lipinski definition) is 6. The number of rotatable bonds is 4. The number of carbonyl (C=O) groups is 2. The number of esters is 1. The first kappa shape index (κ1) is 19.6. The minimum atomic E-state index is -1.84. The summed E-state index contributed by atoms with van der Waals surface area (Å²) in [6, 6.07) is 9.62. The average molecular weight is 418 g/mol. The molecule has 0 bridgehead atoms. The van der Waals surface area contributed by atoms with Gasteiger partial charge in [-0.3, -0.25) is 4.79 Å². The molecule has 158 valence electrons. The van der Waals surface area contributed by atoms with Crippen molar-refractivity contribution >= 4 is 22.7 Å². The number of fused-ring (bicyclic) bond motifs is 5. The van der Waals surface area contributed by atoms with Gasteiger partial charge in [-0.05, 0) is 37.5 Å². The van der Waals surface area contributed by atoms with E-state index >= 15 is 0 Å². The summed E-state index contributed by atoms with van der Waals surface area (Å²) in [4.78, 5) is 41.9. The number of para-hydroxylation sites is 1. The maximum Gasteiger partial charge on any atom is 0.343 e. The van der Waals surface area contributed by atoms with Crippen molar-refractivity contribution in [3.8, 4) is 11.4 Å². The molecule has 7 heteroatoms. The summed E-state index contributed by atoms with van der Waals surface area (Å²) >= 11 is 0. The predicted molar refractivity (Wildman–Crippen MR) is 114 cm³/mol. The molecule has 2 aliphatic rings. The van der Waals surface area contributed by atoms with Crippen LogP contribution in [0.15, 0.2) is 35.1 Å². The Labute approximate surface area is 178 Å². The van der Waals surface area contributed by atoms with E-state index in [9.17, 15) is 19.5 Å². The molecular weight excluding hydrogens is 396 g/mol. The maximum absolute atomic E-state index is 13.2. The lowest BCUT2D eigenvalue weighted by Gasteiger charge is -2.31. The molecule has 2 aromatic heterocycles. The van der Waals surface area contributed by atoms with E-state index in [1.807, 2.05) is 24.3 Å². The van der Waals surface area contributed by atoms with E-state index < -0.39 is 11.6 Å². The minimum absolute atomic E-state index is 0.106. The van der Waals surface area contributed by atoms with Crippen molar-refractivity contribution in [2.75, 3.05) is 0 Å². The van der Waals surface area contributed by atoms with Gasteiger partial charge in [0, 0.05) is 22.9 Å². The molecule has 31 heavy (non-hydrogen) atoms. The van der Waals surface area contributed by atoms with Crippen molar-refractivity contribution in [2.24, 2.45) is 0 Å². The Morgan fingerprint density at radius 1 is 1.29 bits per heavy atom. The van der Waals surface area contributed by atoms with E-state index in [0.717, 1.165) is 22.0 Å². The summed E-state index contributed by atoms with van der Waals surface area (Å²) in [6.07, 6.45) is 1.14. The molecule has 1 N–H and O–H groups in total. The number of ketones is 1. The van der Waals surface area contributed by atoms with E-state index in [1.54, 1.807) is 24.5 Å². The molecule has 0 saturated heterocycles. The van der Waals surface area contributed by atoms with Crippen molar-refractivity contribution in [1.82, 2.24) is 9.55 Å². The zero-order valence-corrected chi connectivity index (χ0v) is 17.4. The molecular formula is C24H22N2O5. The molecule has 0 amide bonds. The van der Waals surface area contributed by atoms with Crippen LogP contribution in [0.2, 0.25) is 0 Å². The summed E-state index contributed by atoms with van der Waals surface area (Å²) in [7, 11) is 0. The Balaban J connectivity index is 1.72. The number of ether oxygens (including phenoxy) is 1. The van der Waals surface area contributed by atoms with Crippen LogP contribution in [0, 0.1) is 0 Å². The number of nitrogens with zero attached hydrogens (tertiary/aromatic N) is 2. The third-order valence-corrected chi connectivity index (χ3v) is 6.37. The number of cyclic esters (lactones) is 1. The van der Waals surface area contributed by atoms with Gasteiger partial charge >= 0.3 is 5.97 Å². The molecule has 4 heterocycles. The number of aromatic nitrogens is 2. The molecule has 3 aromatic rings. The second kappa shape index (κ2) is 6.85. The number of aliphatic hydroxyl groups is 1. The number of aryl methyl sites for hydroxylation is 1. The lowest BCUT2D eigenvalue weighted by Crippen LogP contribution is -2.44. The molecule has 1 unspecified atom stereocenters. The number of pyridine rings is 2. The Hall–Kier alpha value is -3.32. The van der Waals surface area contributed by atoms with Gasteiger partial charge in [0.25, 0.3) is 5.56 Å². The smallest absolute Gasteiger partial charge is 0.343 e. The van der Waals surface area contributed by atoms with Crippen molar-refractivity contribution in [1.29, 1.82) is 0 Å². The fourth-order valence-electron chi connectivity index (χ4n) is 4.58. The number of Topliss-reactive ketones (excluding diaryl/α,β-unsaturated/α-hetero) is 1. The molecule has 1 atom stereocenters. The van der Waals surface area contributed by atoms with Gasteiger partial charge in [-0.25, -0.2) is 9.78 Å². The molecule has 0 aliphatic carbocycles. The van der Waals surface area contributed by atoms with Gasteiger partial charge in [0.1, 0.15) is 12.4 Å². The van der Waals surface area contributed by atoms with Crippen LogP contribution in [0.3, 0.4) is 0 Å².